The van der Waals surface area contributed by atoms with Crippen LogP contribution in [0.1, 0.15) is 20.7 Å². The minimum absolute atomic E-state index is 0.0240. The van der Waals surface area contributed by atoms with Crippen LogP contribution < -0.4 is 18.9 Å². The quantitative estimate of drug-likeness (QED) is 0.674. The van der Waals surface area contributed by atoms with Crippen molar-refractivity contribution in [1.29, 1.82) is 0 Å². The number of rotatable bonds is 3. The number of hydrogen-bond acceptors (Lipinski definition) is 7. The molecule has 0 atom stereocenters. The van der Waals surface area contributed by atoms with E-state index in [0.29, 0.717) is 44.9 Å². The zero-order valence-electron chi connectivity index (χ0n) is 15.2. The van der Waals surface area contributed by atoms with Crippen molar-refractivity contribution in [2.45, 2.75) is 0 Å². The van der Waals surface area contributed by atoms with E-state index in [9.17, 15) is 14.7 Å². The third-order valence-electron chi connectivity index (χ3n) is 4.92. The molecule has 0 radical (unpaired) electrons. The summed E-state index contributed by atoms with van der Waals surface area (Å²) >= 11 is 0. The second-order valence-corrected chi connectivity index (χ2v) is 6.44. The maximum absolute atomic E-state index is 12.4. The molecule has 0 fully saturated rings. The van der Waals surface area contributed by atoms with Crippen LogP contribution >= 0.6 is 0 Å². The number of ether oxygens (including phenoxy) is 5. The van der Waals surface area contributed by atoms with Crippen LogP contribution in [-0.4, -0.2) is 37.7 Å². The Balaban J connectivity index is 1.93. The molecule has 0 amide bonds. The van der Waals surface area contributed by atoms with Crippen LogP contribution in [-0.2, 0) is 4.74 Å². The van der Waals surface area contributed by atoms with Crippen molar-refractivity contribution in [1.82, 2.24) is 0 Å². The molecule has 0 saturated carbocycles. The molecule has 0 saturated heterocycles. The largest absolute Gasteiger partial charge is 0.478 e. The topological polar surface area (TPSA) is 101 Å². The molecule has 0 spiro atoms. The van der Waals surface area contributed by atoms with E-state index in [0.717, 1.165) is 0 Å². The van der Waals surface area contributed by atoms with Gasteiger partial charge in [-0.2, -0.15) is 0 Å². The lowest BCUT2D eigenvalue weighted by Gasteiger charge is -2.16. The van der Waals surface area contributed by atoms with Crippen LogP contribution in [0.3, 0.4) is 0 Å². The van der Waals surface area contributed by atoms with Gasteiger partial charge in [-0.3, -0.25) is 0 Å². The number of esters is 1. The molecule has 3 aromatic rings. The molecule has 8 heteroatoms. The average molecular weight is 394 g/mol. The van der Waals surface area contributed by atoms with E-state index in [1.807, 2.05) is 0 Å². The van der Waals surface area contributed by atoms with Crippen molar-refractivity contribution in [3.05, 3.63) is 47.5 Å². The first-order valence-corrected chi connectivity index (χ1v) is 8.69. The van der Waals surface area contributed by atoms with Gasteiger partial charge in [-0.05, 0) is 35.2 Å². The molecule has 8 nitrogen and oxygen atoms in total. The Morgan fingerprint density at radius 2 is 1.66 bits per heavy atom. The zero-order valence-corrected chi connectivity index (χ0v) is 15.2. The van der Waals surface area contributed by atoms with Gasteiger partial charge in [0.05, 0.1) is 18.2 Å². The summed E-state index contributed by atoms with van der Waals surface area (Å²) in [6, 6.07) is 10.0. The first kappa shape index (κ1) is 17.2. The Morgan fingerprint density at radius 1 is 0.931 bits per heavy atom. The van der Waals surface area contributed by atoms with Gasteiger partial charge in [0.25, 0.3) is 0 Å². The number of carbonyl (C=O) groups is 2. The van der Waals surface area contributed by atoms with E-state index in [1.165, 1.54) is 13.2 Å². The first-order valence-electron chi connectivity index (χ1n) is 8.69. The number of carboxylic acids is 1. The van der Waals surface area contributed by atoms with E-state index in [1.54, 1.807) is 30.3 Å². The molecule has 0 bridgehead atoms. The molecule has 2 heterocycles. The molecular formula is C21H14O8. The Labute approximate surface area is 164 Å². The van der Waals surface area contributed by atoms with Crippen LogP contribution in [0.25, 0.3) is 21.9 Å². The molecule has 0 unspecified atom stereocenters. The standard InChI is InChI=1S/C21H14O8/c1-25-21(24)12-6-10-3-5-14-19(29-9-27-14)17(10)16(18(12)20(22)23)11-2-4-13-15(7-11)28-8-26-13/h2-7H,8-9H2,1H3,(H,22,23). The summed E-state index contributed by atoms with van der Waals surface area (Å²) < 4.78 is 26.7. The van der Waals surface area contributed by atoms with Crippen LogP contribution in [0.5, 0.6) is 23.0 Å². The van der Waals surface area contributed by atoms with Crippen molar-refractivity contribution in [2.24, 2.45) is 0 Å². The van der Waals surface area contributed by atoms with Gasteiger partial charge < -0.3 is 28.8 Å². The first-order chi connectivity index (χ1) is 14.1. The lowest BCUT2D eigenvalue weighted by molar-refractivity contribution is 0.0583. The Bertz CT molecular complexity index is 1200. The molecule has 2 aliphatic heterocycles. The number of fused-ring (bicyclic) bond motifs is 4. The monoisotopic (exact) mass is 394 g/mol. The SMILES string of the molecule is COC(=O)c1cc2ccc3c(c2c(-c2ccc4c(c2)OCO4)c1C(=O)O)OCO3. The summed E-state index contributed by atoms with van der Waals surface area (Å²) in [5, 5.41) is 11.2. The fraction of sp³-hybridized carbons (Fsp3) is 0.143. The summed E-state index contributed by atoms with van der Waals surface area (Å²) in [7, 11) is 1.21. The lowest BCUT2D eigenvalue weighted by atomic mass is 9.88. The van der Waals surface area contributed by atoms with Crippen molar-refractivity contribution in [3.8, 4) is 34.1 Å². The Kier molecular flexibility index (Phi) is 3.73. The lowest BCUT2D eigenvalue weighted by Crippen LogP contribution is -2.12. The van der Waals surface area contributed by atoms with Crippen LogP contribution in [0.15, 0.2) is 36.4 Å². The number of benzene rings is 3. The summed E-state index contributed by atoms with van der Waals surface area (Å²) in [4.78, 5) is 24.7. The highest BCUT2D eigenvalue weighted by atomic mass is 16.7. The van der Waals surface area contributed by atoms with Gasteiger partial charge in [-0.15, -0.1) is 0 Å². The third-order valence-corrected chi connectivity index (χ3v) is 4.92. The molecule has 5 rings (SSSR count). The van der Waals surface area contributed by atoms with Gasteiger partial charge in [0, 0.05) is 10.9 Å². The molecule has 1 N–H and O–H groups in total. The minimum Gasteiger partial charge on any atom is -0.478 e. The van der Waals surface area contributed by atoms with Gasteiger partial charge in [-0.1, -0.05) is 12.1 Å². The Morgan fingerprint density at radius 3 is 2.45 bits per heavy atom. The predicted molar refractivity (Wildman–Crippen MR) is 99.9 cm³/mol. The van der Waals surface area contributed by atoms with E-state index >= 15 is 0 Å². The molecule has 0 aromatic heterocycles. The summed E-state index contributed by atoms with van der Waals surface area (Å²) in [6.45, 7) is 0.107. The number of aromatic carboxylic acids is 1. The van der Waals surface area contributed by atoms with Crippen molar-refractivity contribution >= 4 is 22.7 Å². The van der Waals surface area contributed by atoms with Gasteiger partial charge in [0.15, 0.2) is 23.0 Å². The molecule has 146 valence electrons. The second-order valence-electron chi connectivity index (χ2n) is 6.44. The number of methoxy groups -OCH3 is 1. The third kappa shape index (κ3) is 2.53. The smallest absolute Gasteiger partial charge is 0.338 e. The van der Waals surface area contributed by atoms with Crippen molar-refractivity contribution in [3.63, 3.8) is 0 Å². The summed E-state index contributed by atoms with van der Waals surface area (Å²) in [5.41, 5.74) is 0.605. The van der Waals surface area contributed by atoms with Gasteiger partial charge in [0.1, 0.15) is 0 Å². The fourth-order valence-corrected chi connectivity index (χ4v) is 3.69. The maximum atomic E-state index is 12.4. The van der Waals surface area contributed by atoms with E-state index in [2.05, 4.69) is 0 Å². The maximum Gasteiger partial charge on any atom is 0.338 e. The number of hydrogen-bond donors (Lipinski definition) is 1. The normalized spacial score (nSPS) is 13.6. The molecule has 3 aromatic carbocycles. The van der Waals surface area contributed by atoms with Crippen molar-refractivity contribution in [2.75, 3.05) is 20.7 Å². The summed E-state index contributed by atoms with van der Waals surface area (Å²) in [6.07, 6.45) is 0. The van der Waals surface area contributed by atoms with E-state index < -0.39 is 11.9 Å². The van der Waals surface area contributed by atoms with Crippen LogP contribution in [0, 0.1) is 0 Å². The van der Waals surface area contributed by atoms with Gasteiger partial charge in [0.2, 0.25) is 13.6 Å². The van der Waals surface area contributed by atoms with Crippen molar-refractivity contribution < 1.29 is 38.4 Å². The van der Waals surface area contributed by atoms with Crippen LogP contribution in [0.4, 0.5) is 0 Å². The Hall–Kier alpha value is -3.94. The zero-order chi connectivity index (χ0) is 20.1. The summed E-state index contributed by atoms with van der Waals surface area (Å²) in [5.74, 6) is -0.0414. The molecule has 0 aliphatic carbocycles. The highest BCUT2D eigenvalue weighted by Crippen LogP contribution is 2.47. The highest BCUT2D eigenvalue weighted by Gasteiger charge is 2.30. The molecular weight excluding hydrogens is 380 g/mol. The fourth-order valence-electron chi connectivity index (χ4n) is 3.69. The van der Waals surface area contributed by atoms with E-state index in [4.69, 9.17) is 23.7 Å². The molecule has 2 aliphatic rings. The highest BCUT2D eigenvalue weighted by molar-refractivity contribution is 6.17. The van der Waals surface area contributed by atoms with Crippen LogP contribution in [0.2, 0.25) is 0 Å². The molecule has 29 heavy (non-hydrogen) atoms. The second kappa shape index (κ2) is 6.30. The van der Waals surface area contributed by atoms with Gasteiger partial charge in [-0.25, -0.2) is 9.59 Å². The predicted octanol–water partition coefficient (Wildman–Crippen LogP) is 3.45. The number of carboxylic acid groups (broad SMARTS) is 1. The number of carbonyl (C=O) groups excluding carboxylic acids is 1. The van der Waals surface area contributed by atoms with Gasteiger partial charge >= 0.3 is 11.9 Å². The van der Waals surface area contributed by atoms with E-state index in [-0.39, 0.29) is 24.7 Å². The average Bonchev–Trinajstić information content (AvgIpc) is 3.39. The minimum atomic E-state index is -1.27.